The molecule has 160 valence electrons. The summed E-state index contributed by atoms with van der Waals surface area (Å²) in [6, 6.07) is 23.9. The largest absolute Gasteiger partial charge is 0.497 e. The molecule has 0 unspecified atom stereocenters. The average molecular weight is 436 g/mol. The molecule has 3 aromatic carbocycles. The van der Waals surface area contributed by atoms with Crippen LogP contribution < -0.4 is 28.9 Å². The maximum atomic E-state index is 5.92. The van der Waals surface area contributed by atoms with Gasteiger partial charge in [0.05, 0.1) is 34.7 Å². The molecule has 0 atom stereocenters. The molecule has 0 saturated carbocycles. The number of methoxy groups -OCH3 is 3. The number of rotatable bonds is 6. The molecule has 0 spiro atoms. The normalized spacial score (nSPS) is 13.9. The van der Waals surface area contributed by atoms with Gasteiger partial charge in [0.1, 0.15) is 17.2 Å². The number of ether oxygens (including phenoxy) is 3. The van der Waals surface area contributed by atoms with Crippen molar-refractivity contribution in [3.05, 3.63) is 72.8 Å². The molecular weight excluding hydrogens is 410 g/mol. The van der Waals surface area contributed by atoms with E-state index in [1.807, 2.05) is 60.7 Å². The Morgan fingerprint density at radius 1 is 0.548 bits per heavy atom. The van der Waals surface area contributed by atoms with Gasteiger partial charge in [-0.1, -0.05) is 0 Å². The van der Waals surface area contributed by atoms with Crippen molar-refractivity contribution in [2.45, 2.75) is 0 Å². The molecule has 3 aromatic rings. The molecule has 0 amide bonds. The zero-order chi connectivity index (χ0) is 21.8. The fourth-order valence-electron chi connectivity index (χ4n) is 3.52. The molecule has 1 heterocycles. The third kappa shape index (κ3) is 4.36. The van der Waals surface area contributed by atoms with Crippen LogP contribution >= 0.6 is 12.2 Å². The van der Waals surface area contributed by atoms with E-state index in [0.717, 1.165) is 39.4 Å². The molecular formula is C24H25N3O3S. The third-order valence-corrected chi connectivity index (χ3v) is 5.73. The van der Waals surface area contributed by atoms with Crippen LogP contribution in [0.15, 0.2) is 72.8 Å². The van der Waals surface area contributed by atoms with Gasteiger partial charge in [-0.3, -0.25) is 0 Å². The van der Waals surface area contributed by atoms with E-state index in [-0.39, 0.29) is 0 Å². The molecule has 31 heavy (non-hydrogen) atoms. The molecule has 7 heteroatoms. The Morgan fingerprint density at radius 2 is 0.871 bits per heavy atom. The third-order valence-electron chi connectivity index (χ3n) is 5.29. The van der Waals surface area contributed by atoms with Crippen molar-refractivity contribution in [1.29, 1.82) is 0 Å². The molecule has 0 aliphatic carbocycles. The lowest BCUT2D eigenvalue weighted by Crippen LogP contribution is -2.58. The molecule has 0 radical (unpaired) electrons. The lowest BCUT2D eigenvalue weighted by Gasteiger charge is -2.45. The Labute approximate surface area is 188 Å². The minimum atomic E-state index is 0.629. The number of thiocarbonyl (C=S) groups is 1. The summed E-state index contributed by atoms with van der Waals surface area (Å²) in [5.74, 6) is 2.45. The Balaban J connectivity index is 1.69. The van der Waals surface area contributed by atoms with Crippen LogP contribution in [0, 0.1) is 0 Å². The summed E-state index contributed by atoms with van der Waals surface area (Å²) < 4.78 is 15.9. The minimum absolute atomic E-state index is 0.629. The first-order valence-electron chi connectivity index (χ1n) is 9.89. The zero-order valence-electron chi connectivity index (χ0n) is 17.8. The highest BCUT2D eigenvalue weighted by Gasteiger charge is 2.29. The maximum absolute atomic E-state index is 5.92. The summed E-state index contributed by atoms with van der Waals surface area (Å²) in [4.78, 5) is 6.50. The number of benzene rings is 3. The Morgan fingerprint density at radius 3 is 1.19 bits per heavy atom. The fourth-order valence-corrected chi connectivity index (χ4v) is 3.84. The van der Waals surface area contributed by atoms with Gasteiger partial charge in [0.25, 0.3) is 0 Å². The van der Waals surface area contributed by atoms with Gasteiger partial charge in [0, 0.05) is 17.1 Å². The second kappa shape index (κ2) is 9.14. The van der Waals surface area contributed by atoms with Crippen molar-refractivity contribution in [3.63, 3.8) is 0 Å². The quantitative estimate of drug-likeness (QED) is 0.518. The summed E-state index contributed by atoms with van der Waals surface area (Å²) in [6.07, 6.45) is 0. The number of nitrogens with zero attached hydrogens (tertiary/aromatic N) is 3. The molecule has 1 saturated heterocycles. The summed E-state index contributed by atoms with van der Waals surface area (Å²) in [5.41, 5.74) is 3.09. The van der Waals surface area contributed by atoms with Crippen molar-refractivity contribution in [1.82, 2.24) is 0 Å². The molecule has 1 aliphatic heterocycles. The highest BCUT2D eigenvalue weighted by molar-refractivity contribution is 7.80. The second-order valence-electron chi connectivity index (χ2n) is 7.06. The van der Waals surface area contributed by atoms with Crippen LogP contribution in [-0.4, -0.2) is 39.8 Å². The van der Waals surface area contributed by atoms with Gasteiger partial charge in [0.15, 0.2) is 5.11 Å². The van der Waals surface area contributed by atoms with Crippen molar-refractivity contribution >= 4 is 34.4 Å². The first kappa shape index (κ1) is 20.8. The topological polar surface area (TPSA) is 37.4 Å². The van der Waals surface area contributed by atoms with Gasteiger partial charge in [-0.15, -0.1) is 0 Å². The summed E-state index contributed by atoms with van der Waals surface area (Å²) in [5, 5.41) is 0.736. The van der Waals surface area contributed by atoms with Gasteiger partial charge in [0.2, 0.25) is 0 Å². The van der Waals surface area contributed by atoms with E-state index < -0.39 is 0 Å². The average Bonchev–Trinajstić information content (AvgIpc) is 2.84. The summed E-state index contributed by atoms with van der Waals surface area (Å²) in [7, 11) is 5.00. The lowest BCUT2D eigenvalue weighted by molar-refractivity contribution is 0.415. The molecule has 0 N–H and O–H groups in total. The van der Waals surface area contributed by atoms with E-state index in [1.54, 1.807) is 21.3 Å². The van der Waals surface area contributed by atoms with Gasteiger partial charge in [-0.25, -0.2) is 0 Å². The van der Waals surface area contributed by atoms with Gasteiger partial charge in [-0.05, 0) is 85.0 Å². The van der Waals surface area contributed by atoms with Gasteiger partial charge >= 0.3 is 0 Å². The monoisotopic (exact) mass is 435 g/mol. The molecule has 1 aliphatic rings. The Bertz CT molecular complexity index is 964. The van der Waals surface area contributed by atoms with Crippen LogP contribution in [0.1, 0.15) is 0 Å². The van der Waals surface area contributed by atoms with Crippen LogP contribution in [0.2, 0.25) is 0 Å². The predicted molar refractivity (Wildman–Crippen MR) is 129 cm³/mol. The lowest BCUT2D eigenvalue weighted by atomic mass is 10.2. The van der Waals surface area contributed by atoms with E-state index in [9.17, 15) is 0 Å². The molecule has 0 aromatic heterocycles. The number of hydrogen-bond donors (Lipinski definition) is 0. The van der Waals surface area contributed by atoms with Crippen LogP contribution in [0.4, 0.5) is 17.1 Å². The maximum Gasteiger partial charge on any atom is 0.183 e. The summed E-state index contributed by atoms with van der Waals surface area (Å²) >= 11 is 5.92. The number of hydrogen-bond acceptors (Lipinski definition) is 5. The van der Waals surface area contributed by atoms with E-state index in [2.05, 4.69) is 26.8 Å². The first-order valence-corrected chi connectivity index (χ1v) is 10.3. The highest BCUT2D eigenvalue weighted by atomic mass is 32.1. The van der Waals surface area contributed by atoms with Crippen molar-refractivity contribution < 1.29 is 14.2 Å². The van der Waals surface area contributed by atoms with Crippen LogP contribution in [0.5, 0.6) is 17.2 Å². The van der Waals surface area contributed by atoms with Crippen molar-refractivity contribution in [2.24, 2.45) is 0 Å². The Hall–Kier alpha value is -3.45. The van der Waals surface area contributed by atoms with E-state index >= 15 is 0 Å². The highest BCUT2D eigenvalue weighted by Crippen LogP contribution is 2.30. The minimum Gasteiger partial charge on any atom is -0.497 e. The first-order chi connectivity index (χ1) is 15.1. The second-order valence-corrected chi connectivity index (χ2v) is 7.42. The van der Waals surface area contributed by atoms with Gasteiger partial charge < -0.3 is 28.9 Å². The molecule has 0 bridgehead atoms. The molecule has 1 fully saturated rings. The standard InChI is InChI=1S/C24H25N3O3S/c1-28-21-10-4-18(5-11-21)25-16-26(19-6-12-22(29-2)13-7-19)24(31)27(17-25)20-8-14-23(30-3)15-9-20/h4-15H,16-17H2,1-3H3. The Kier molecular flexibility index (Phi) is 6.13. The summed E-state index contributed by atoms with van der Waals surface area (Å²) in [6.45, 7) is 1.26. The van der Waals surface area contributed by atoms with Crippen LogP contribution in [0.3, 0.4) is 0 Å². The van der Waals surface area contributed by atoms with E-state index in [1.165, 1.54) is 0 Å². The predicted octanol–water partition coefficient (Wildman–Crippen LogP) is 4.75. The van der Waals surface area contributed by atoms with E-state index in [4.69, 9.17) is 26.4 Å². The van der Waals surface area contributed by atoms with Crippen LogP contribution in [-0.2, 0) is 0 Å². The SMILES string of the molecule is COc1ccc(N2CN(c3ccc(OC)cc3)C(=S)N(c3ccc(OC)cc3)C2)cc1. The molecule has 6 nitrogen and oxygen atoms in total. The smallest absolute Gasteiger partial charge is 0.183 e. The van der Waals surface area contributed by atoms with Crippen molar-refractivity contribution in [2.75, 3.05) is 49.4 Å². The number of anilines is 3. The molecule has 4 rings (SSSR count). The van der Waals surface area contributed by atoms with Gasteiger partial charge in [-0.2, -0.15) is 0 Å². The fraction of sp³-hybridized carbons (Fsp3) is 0.208. The van der Waals surface area contributed by atoms with Crippen LogP contribution in [0.25, 0.3) is 0 Å². The zero-order valence-corrected chi connectivity index (χ0v) is 18.6. The van der Waals surface area contributed by atoms with Crippen molar-refractivity contribution in [3.8, 4) is 17.2 Å². The van der Waals surface area contributed by atoms with E-state index in [0.29, 0.717) is 13.3 Å².